The molecule has 2 aromatic carbocycles. The fraction of sp³-hybridized carbons (Fsp3) is 0.0870. The number of benzene rings is 2. The molecule has 0 bridgehead atoms. The summed E-state index contributed by atoms with van der Waals surface area (Å²) in [4.78, 5) is 12.7. The lowest BCUT2D eigenvalue weighted by Gasteiger charge is -2.09. The lowest BCUT2D eigenvalue weighted by molar-refractivity contribution is -0.607. The van der Waals surface area contributed by atoms with E-state index >= 15 is 0 Å². The van der Waals surface area contributed by atoms with Gasteiger partial charge in [-0.25, -0.2) is 4.68 Å². The molecule has 1 N–H and O–H groups in total. The Bertz CT molecular complexity index is 1150. The zero-order valence-electron chi connectivity index (χ0n) is 15.9. The monoisotopic (exact) mass is 384 g/mol. The van der Waals surface area contributed by atoms with Crippen LogP contribution < -0.4 is 10.0 Å². The van der Waals surface area contributed by atoms with Gasteiger partial charge in [0.25, 0.3) is 5.69 Å². The minimum absolute atomic E-state index is 0.0254. The summed E-state index contributed by atoms with van der Waals surface area (Å²) in [6.07, 6.45) is 1.30. The number of carbonyl (C=O) groups is 1. The second-order valence-corrected chi connectivity index (χ2v) is 6.74. The van der Waals surface area contributed by atoms with Gasteiger partial charge in [-0.3, -0.25) is 4.79 Å². The SMILES string of the molecule is Cc1ccccc1-c1cc(NC(=O)c2cccc[n+]2[O-])n(Cc2ccccc2)n1. The fourth-order valence-corrected chi connectivity index (χ4v) is 3.17. The van der Waals surface area contributed by atoms with Gasteiger partial charge in [0.05, 0.1) is 12.2 Å². The average Bonchev–Trinajstić information content (AvgIpc) is 3.11. The number of nitrogens with zero attached hydrogens (tertiary/aromatic N) is 3. The van der Waals surface area contributed by atoms with E-state index in [9.17, 15) is 10.0 Å². The molecule has 0 atom stereocenters. The predicted octanol–water partition coefficient (Wildman–Crippen LogP) is 3.79. The van der Waals surface area contributed by atoms with E-state index in [4.69, 9.17) is 5.10 Å². The second kappa shape index (κ2) is 7.98. The van der Waals surface area contributed by atoms with Crippen molar-refractivity contribution in [2.24, 2.45) is 0 Å². The minimum atomic E-state index is -0.480. The lowest BCUT2D eigenvalue weighted by atomic mass is 10.1. The van der Waals surface area contributed by atoms with Crippen molar-refractivity contribution in [3.8, 4) is 11.3 Å². The summed E-state index contributed by atoms with van der Waals surface area (Å²) in [6.45, 7) is 2.52. The van der Waals surface area contributed by atoms with E-state index in [1.165, 1.54) is 12.3 Å². The van der Waals surface area contributed by atoms with Gasteiger partial charge in [-0.2, -0.15) is 9.83 Å². The summed E-state index contributed by atoms with van der Waals surface area (Å²) < 4.78 is 2.29. The van der Waals surface area contributed by atoms with Gasteiger partial charge in [-0.1, -0.05) is 54.6 Å². The van der Waals surface area contributed by atoms with Gasteiger partial charge in [0, 0.05) is 23.8 Å². The minimum Gasteiger partial charge on any atom is -0.618 e. The van der Waals surface area contributed by atoms with Crippen LogP contribution in [0.4, 0.5) is 5.82 Å². The molecule has 0 saturated heterocycles. The molecule has 4 rings (SSSR count). The maximum atomic E-state index is 12.7. The van der Waals surface area contributed by atoms with Crippen molar-refractivity contribution in [1.29, 1.82) is 0 Å². The van der Waals surface area contributed by atoms with E-state index < -0.39 is 5.91 Å². The number of hydrogen-bond donors (Lipinski definition) is 1. The summed E-state index contributed by atoms with van der Waals surface area (Å²) in [7, 11) is 0. The Morgan fingerprint density at radius 2 is 1.76 bits per heavy atom. The van der Waals surface area contributed by atoms with Gasteiger partial charge in [0.1, 0.15) is 5.82 Å². The first-order chi connectivity index (χ1) is 14.1. The van der Waals surface area contributed by atoms with E-state index in [2.05, 4.69) is 5.32 Å². The van der Waals surface area contributed by atoms with Crippen molar-refractivity contribution in [1.82, 2.24) is 9.78 Å². The fourth-order valence-electron chi connectivity index (χ4n) is 3.17. The third-order valence-corrected chi connectivity index (χ3v) is 4.67. The van der Waals surface area contributed by atoms with Gasteiger partial charge >= 0.3 is 5.91 Å². The van der Waals surface area contributed by atoms with Crippen molar-refractivity contribution in [2.45, 2.75) is 13.5 Å². The molecule has 29 heavy (non-hydrogen) atoms. The third-order valence-electron chi connectivity index (χ3n) is 4.67. The van der Waals surface area contributed by atoms with Crippen LogP contribution in [-0.4, -0.2) is 15.7 Å². The second-order valence-electron chi connectivity index (χ2n) is 6.74. The molecule has 0 aliphatic carbocycles. The highest BCUT2D eigenvalue weighted by molar-refractivity contribution is 6.01. The van der Waals surface area contributed by atoms with Crippen molar-refractivity contribution in [3.05, 3.63) is 107 Å². The number of aryl methyl sites for hydroxylation is 1. The van der Waals surface area contributed by atoms with Crippen LogP contribution in [0.3, 0.4) is 0 Å². The molecule has 0 aliphatic heterocycles. The summed E-state index contributed by atoms with van der Waals surface area (Å²) in [6, 6.07) is 24.4. The van der Waals surface area contributed by atoms with Crippen LogP contribution in [0.5, 0.6) is 0 Å². The number of amides is 1. The van der Waals surface area contributed by atoms with Gasteiger partial charge in [-0.05, 0) is 24.1 Å². The van der Waals surface area contributed by atoms with E-state index in [0.717, 1.165) is 22.4 Å². The average molecular weight is 384 g/mol. The van der Waals surface area contributed by atoms with Crippen molar-refractivity contribution < 1.29 is 9.52 Å². The molecule has 1 amide bonds. The molecule has 6 heteroatoms. The van der Waals surface area contributed by atoms with Gasteiger partial charge in [0.2, 0.25) is 0 Å². The van der Waals surface area contributed by atoms with Gasteiger partial charge < -0.3 is 10.5 Å². The van der Waals surface area contributed by atoms with Crippen LogP contribution in [0.25, 0.3) is 11.3 Å². The molecule has 0 aliphatic rings. The van der Waals surface area contributed by atoms with Crippen LogP contribution in [0.1, 0.15) is 21.6 Å². The lowest BCUT2D eigenvalue weighted by Crippen LogP contribution is -2.36. The first kappa shape index (κ1) is 18.4. The maximum absolute atomic E-state index is 12.7. The molecule has 2 heterocycles. The Morgan fingerprint density at radius 3 is 2.52 bits per heavy atom. The summed E-state index contributed by atoms with van der Waals surface area (Å²) in [5.41, 5.74) is 3.93. The number of carbonyl (C=O) groups excluding carboxylic acids is 1. The van der Waals surface area contributed by atoms with E-state index in [1.54, 1.807) is 16.8 Å². The Morgan fingerprint density at radius 1 is 1.03 bits per heavy atom. The van der Waals surface area contributed by atoms with E-state index in [0.29, 0.717) is 17.1 Å². The molecule has 144 valence electrons. The van der Waals surface area contributed by atoms with Gasteiger partial charge in [-0.15, -0.1) is 0 Å². The van der Waals surface area contributed by atoms with Crippen LogP contribution in [0.2, 0.25) is 0 Å². The predicted molar refractivity (Wildman–Crippen MR) is 111 cm³/mol. The molecular weight excluding hydrogens is 364 g/mol. The Hall–Kier alpha value is -3.93. The van der Waals surface area contributed by atoms with Crippen LogP contribution in [0.15, 0.2) is 85.1 Å². The normalized spacial score (nSPS) is 10.7. The summed E-state index contributed by atoms with van der Waals surface area (Å²) in [5, 5.41) is 19.5. The molecule has 4 aromatic rings. The zero-order valence-corrected chi connectivity index (χ0v) is 15.9. The molecular formula is C23H20N4O2. The first-order valence-electron chi connectivity index (χ1n) is 9.29. The molecule has 0 unspecified atom stereocenters. The molecule has 2 aromatic heterocycles. The molecule has 0 spiro atoms. The molecule has 0 fully saturated rings. The molecule has 6 nitrogen and oxygen atoms in total. The highest BCUT2D eigenvalue weighted by Gasteiger charge is 2.19. The van der Waals surface area contributed by atoms with Crippen molar-refractivity contribution in [3.63, 3.8) is 0 Å². The topological polar surface area (TPSA) is 73.9 Å². The number of aromatic nitrogens is 3. The Balaban J connectivity index is 1.71. The third kappa shape index (κ3) is 4.01. The number of hydrogen-bond acceptors (Lipinski definition) is 3. The Labute approximate surface area is 168 Å². The maximum Gasteiger partial charge on any atom is 0.322 e. The smallest absolute Gasteiger partial charge is 0.322 e. The largest absolute Gasteiger partial charge is 0.618 e. The number of rotatable bonds is 5. The molecule has 0 radical (unpaired) electrons. The van der Waals surface area contributed by atoms with Gasteiger partial charge in [0.15, 0.2) is 6.20 Å². The highest BCUT2D eigenvalue weighted by Crippen LogP contribution is 2.25. The zero-order chi connectivity index (χ0) is 20.2. The standard InChI is InChI=1S/C23H20N4O2/c1-17-9-5-6-12-19(17)20-15-22(24-23(28)21-13-7-8-14-27(21)29)26(25-20)16-18-10-3-2-4-11-18/h2-15H,16H2,1H3,(H,24,28). The first-order valence-corrected chi connectivity index (χ1v) is 9.29. The van der Waals surface area contributed by atoms with E-state index in [1.807, 2.05) is 67.6 Å². The van der Waals surface area contributed by atoms with Crippen LogP contribution in [0, 0.1) is 12.1 Å². The van der Waals surface area contributed by atoms with Crippen LogP contribution in [-0.2, 0) is 6.54 Å². The number of anilines is 1. The highest BCUT2D eigenvalue weighted by atomic mass is 16.5. The van der Waals surface area contributed by atoms with Crippen molar-refractivity contribution in [2.75, 3.05) is 5.32 Å². The van der Waals surface area contributed by atoms with Crippen LogP contribution >= 0.6 is 0 Å². The molecule has 0 saturated carbocycles. The quantitative estimate of drug-likeness (QED) is 0.420. The number of nitrogens with one attached hydrogen (secondary N) is 1. The number of pyridine rings is 1. The summed E-state index contributed by atoms with van der Waals surface area (Å²) in [5.74, 6) is 0.0482. The Kier molecular flexibility index (Phi) is 5.07. The summed E-state index contributed by atoms with van der Waals surface area (Å²) >= 11 is 0. The van der Waals surface area contributed by atoms with E-state index in [-0.39, 0.29) is 5.69 Å². The van der Waals surface area contributed by atoms with Crippen molar-refractivity contribution >= 4 is 11.7 Å².